The van der Waals surface area contributed by atoms with Gasteiger partial charge in [-0.15, -0.1) is 11.8 Å². The van der Waals surface area contributed by atoms with Crippen molar-refractivity contribution in [1.82, 2.24) is 19.5 Å². The zero-order chi connectivity index (χ0) is 30.8. The molecule has 0 radical (unpaired) electrons. The van der Waals surface area contributed by atoms with Crippen molar-refractivity contribution in [2.75, 3.05) is 6.61 Å². The summed E-state index contributed by atoms with van der Waals surface area (Å²) in [6.45, 7) is 6.27. The first kappa shape index (κ1) is 30.5. The predicted octanol–water partition coefficient (Wildman–Crippen LogP) is 7.09. The number of hydrogen-bond acceptors (Lipinski definition) is 8. The van der Waals surface area contributed by atoms with Crippen LogP contribution in [0.15, 0.2) is 65.9 Å². The summed E-state index contributed by atoms with van der Waals surface area (Å²) in [5.74, 6) is 0.632. The Labute approximate surface area is 266 Å². The molecule has 2 aliphatic carbocycles. The first-order chi connectivity index (χ1) is 21.3. The molecule has 10 heteroatoms. The fraction of sp³-hybridized carbons (Fsp3) is 0.412. The van der Waals surface area contributed by atoms with E-state index in [9.17, 15) is 9.59 Å². The average Bonchev–Trinajstić information content (AvgIpc) is 3.42. The Balaban J connectivity index is 1.33. The van der Waals surface area contributed by atoms with Gasteiger partial charge in [-0.2, -0.15) is 0 Å². The van der Waals surface area contributed by atoms with E-state index in [4.69, 9.17) is 26.3 Å². The maximum Gasteiger partial charge on any atom is 0.331 e. The molecule has 0 amide bonds. The average molecular weight is 630 g/mol. The van der Waals surface area contributed by atoms with Crippen LogP contribution >= 0.6 is 23.4 Å². The number of carbonyl (C=O) groups is 2. The Morgan fingerprint density at radius 2 is 1.89 bits per heavy atom. The van der Waals surface area contributed by atoms with Gasteiger partial charge in [0.1, 0.15) is 21.7 Å². The smallest absolute Gasteiger partial charge is 0.331 e. The van der Waals surface area contributed by atoms with E-state index >= 15 is 0 Å². The molecule has 228 valence electrons. The van der Waals surface area contributed by atoms with E-state index in [0.717, 1.165) is 65.8 Å². The predicted molar refractivity (Wildman–Crippen MR) is 176 cm³/mol. The molecule has 2 saturated carbocycles. The van der Waals surface area contributed by atoms with E-state index in [0.29, 0.717) is 17.4 Å². The minimum Gasteiger partial charge on any atom is -0.464 e. The number of aromatic nitrogens is 4. The van der Waals surface area contributed by atoms with Crippen LogP contribution in [-0.2, 0) is 20.7 Å². The number of ether oxygens (including phenoxy) is 1. The summed E-state index contributed by atoms with van der Waals surface area (Å²) >= 11 is 7.69. The summed E-state index contributed by atoms with van der Waals surface area (Å²) in [5, 5.41) is 0.412. The van der Waals surface area contributed by atoms with Gasteiger partial charge >= 0.3 is 5.97 Å². The molecule has 3 heterocycles. The molecule has 1 unspecified atom stereocenters. The Bertz CT molecular complexity index is 1690. The number of halogens is 1. The summed E-state index contributed by atoms with van der Waals surface area (Å²) in [6.07, 6.45) is 8.63. The van der Waals surface area contributed by atoms with Gasteiger partial charge in [0.2, 0.25) is 0 Å². The lowest BCUT2D eigenvalue weighted by atomic mass is 9.58. The highest BCUT2D eigenvalue weighted by atomic mass is 35.5. The number of thioether (sulfide) groups is 1. The maximum absolute atomic E-state index is 13.5. The number of nitrogens with zero attached hydrogens (tertiary/aromatic N) is 5. The summed E-state index contributed by atoms with van der Waals surface area (Å²) in [5.41, 5.74) is 4.50. The quantitative estimate of drug-likeness (QED) is 0.144. The van der Waals surface area contributed by atoms with Crippen molar-refractivity contribution in [3.63, 3.8) is 0 Å². The number of ketones is 1. The van der Waals surface area contributed by atoms with Crippen LogP contribution in [0.3, 0.4) is 0 Å². The van der Waals surface area contributed by atoms with E-state index < -0.39 is 11.5 Å². The monoisotopic (exact) mass is 629 g/mol. The number of aliphatic imine (C=N–C) groups is 1. The normalized spacial score (nSPS) is 19.4. The zero-order valence-corrected chi connectivity index (χ0v) is 26.8. The highest BCUT2D eigenvalue weighted by Crippen LogP contribution is 2.51. The number of rotatable bonds is 9. The van der Waals surface area contributed by atoms with Crippen LogP contribution in [0.1, 0.15) is 58.4 Å². The van der Waals surface area contributed by atoms with Crippen LogP contribution in [-0.4, -0.2) is 60.1 Å². The molecule has 8 nitrogen and oxygen atoms in total. The second-order valence-corrected chi connectivity index (χ2v) is 13.8. The van der Waals surface area contributed by atoms with Gasteiger partial charge in [-0.05, 0) is 61.7 Å². The molecule has 44 heavy (non-hydrogen) atoms. The van der Waals surface area contributed by atoms with Crippen LogP contribution in [0.25, 0.3) is 28.2 Å². The van der Waals surface area contributed by atoms with Gasteiger partial charge in [-0.1, -0.05) is 56.8 Å². The lowest BCUT2D eigenvalue weighted by Gasteiger charge is -2.50. The second-order valence-electron chi connectivity index (χ2n) is 11.7. The number of esters is 1. The van der Waals surface area contributed by atoms with Crippen molar-refractivity contribution in [3.8, 4) is 17.1 Å². The number of carbonyl (C=O) groups excluding carboxylic acids is 2. The van der Waals surface area contributed by atoms with Crippen LogP contribution in [0.2, 0.25) is 5.15 Å². The molecule has 2 fully saturated rings. The summed E-state index contributed by atoms with van der Waals surface area (Å²) in [6, 6.07) is 14.7. The molecular formula is C34H36ClN5O3S. The summed E-state index contributed by atoms with van der Waals surface area (Å²) in [4.78, 5) is 45.5. The largest absolute Gasteiger partial charge is 0.464 e. The van der Waals surface area contributed by atoms with E-state index in [-0.39, 0.29) is 28.9 Å². The van der Waals surface area contributed by atoms with Crippen molar-refractivity contribution >= 4 is 52.0 Å². The lowest BCUT2D eigenvalue weighted by molar-refractivity contribution is -0.144. The van der Waals surface area contributed by atoms with Crippen molar-refractivity contribution in [3.05, 3.63) is 71.6 Å². The van der Waals surface area contributed by atoms with Crippen molar-refractivity contribution < 1.29 is 14.3 Å². The number of fused-ring (bicyclic) bond motifs is 1. The SMILES string of the molecule is CCOC(=O)[C@H](Cc1ccc(-n2c(-c3ccc(Cl)nc3)nc3cccnc32)cc1)N=C1C(SC(C)C)C(=O)C12CCCCC2. The highest BCUT2D eigenvalue weighted by molar-refractivity contribution is 8.02. The van der Waals surface area contributed by atoms with E-state index in [2.05, 4.69) is 23.8 Å². The van der Waals surface area contributed by atoms with Gasteiger partial charge in [-0.25, -0.2) is 19.7 Å². The van der Waals surface area contributed by atoms with Gasteiger partial charge in [-0.3, -0.25) is 14.4 Å². The van der Waals surface area contributed by atoms with Gasteiger partial charge < -0.3 is 4.74 Å². The number of imidazole rings is 1. The number of Topliss-reactive ketones (excluding diaryl/α,β-unsaturated/α-hetero) is 1. The minimum atomic E-state index is -0.718. The first-order valence-corrected chi connectivity index (χ1v) is 16.6. The van der Waals surface area contributed by atoms with E-state index in [1.54, 1.807) is 37.1 Å². The third kappa shape index (κ3) is 5.79. The number of pyridine rings is 2. The Morgan fingerprint density at radius 1 is 1.11 bits per heavy atom. The molecule has 6 rings (SSSR count). The molecular weight excluding hydrogens is 594 g/mol. The fourth-order valence-corrected chi connectivity index (χ4v) is 7.79. The Morgan fingerprint density at radius 3 is 2.57 bits per heavy atom. The van der Waals surface area contributed by atoms with E-state index in [1.165, 1.54) is 0 Å². The fourth-order valence-electron chi connectivity index (χ4n) is 6.37. The Hall–Kier alpha value is -3.56. The molecule has 4 aromatic rings. The standard InChI is InChI=1S/C34H36ClN5O3S/c1-4-43-33(42)26(38-29-28(44-21(2)3)30(41)34(29)16-6-5-7-17-34)19-22-10-13-24(14-11-22)40-31(23-12-15-27(35)37-20-23)39-25-9-8-18-36-32(25)40/h8-15,18,20-21,26,28H,4-7,16-17,19H2,1-3H3/t26-,28?/m0/s1. The molecule has 0 aliphatic heterocycles. The van der Waals surface area contributed by atoms with Gasteiger partial charge in [0.05, 0.1) is 12.0 Å². The zero-order valence-electron chi connectivity index (χ0n) is 25.2. The molecule has 1 spiro atoms. The third-order valence-corrected chi connectivity index (χ3v) is 9.92. The van der Waals surface area contributed by atoms with Crippen molar-refractivity contribution in [2.24, 2.45) is 10.4 Å². The van der Waals surface area contributed by atoms with Crippen molar-refractivity contribution in [1.29, 1.82) is 0 Å². The third-order valence-electron chi connectivity index (χ3n) is 8.44. The minimum absolute atomic E-state index is 0.274. The lowest BCUT2D eigenvalue weighted by Crippen LogP contribution is -2.62. The van der Waals surface area contributed by atoms with Crippen LogP contribution in [0.5, 0.6) is 0 Å². The molecule has 2 atom stereocenters. The molecule has 0 saturated heterocycles. The summed E-state index contributed by atoms with van der Waals surface area (Å²) in [7, 11) is 0. The molecule has 1 aromatic carbocycles. The van der Waals surface area contributed by atoms with Crippen LogP contribution < -0.4 is 0 Å². The summed E-state index contributed by atoms with van der Waals surface area (Å²) < 4.78 is 7.49. The maximum atomic E-state index is 13.5. The Kier molecular flexibility index (Phi) is 8.87. The molecule has 0 bridgehead atoms. The van der Waals surface area contributed by atoms with E-state index in [1.807, 2.05) is 47.0 Å². The second kappa shape index (κ2) is 12.8. The van der Waals surface area contributed by atoms with Gasteiger partial charge in [0.15, 0.2) is 17.5 Å². The van der Waals surface area contributed by atoms with Gasteiger partial charge in [0, 0.05) is 41.0 Å². The number of hydrogen-bond donors (Lipinski definition) is 0. The molecule has 2 aliphatic rings. The van der Waals surface area contributed by atoms with Crippen molar-refractivity contribution in [2.45, 2.75) is 75.8 Å². The number of benzene rings is 1. The topological polar surface area (TPSA) is 99.3 Å². The molecule has 3 aromatic heterocycles. The van der Waals surface area contributed by atoms with Crippen LogP contribution in [0, 0.1) is 5.41 Å². The van der Waals surface area contributed by atoms with Crippen LogP contribution in [0.4, 0.5) is 0 Å². The first-order valence-electron chi connectivity index (χ1n) is 15.3. The van der Waals surface area contributed by atoms with Gasteiger partial charge in [0.25, 0.3) is 0 Å². The highest BCUT2D eigenvalue weighted by Gasteiger charge is 2.59. The molecule has 0 N–H and O–H groups in total.